The minimum atomic E-state index is -0.995. The lowest BCUT2D eigenvalue weighted by Crippen LogP contribution is -2.65. The van der Waals surface area contributed by atoms with Crippen molar-refractivity contribution >= 4 is 17.5 Å². The lowest BCUT2D eigenvalue weighted by atomic mass is 9.63. The third-order valence-corrected chi connectivity index (χ3v) is 11.0. The van der Waals surface area contributed by atoms with E-state index in [0.717, 1.165) is 29.5 Å². The maximum absolute atomic E-state index is 15.1. The second kappa shape index (κ2) is 9.96. The van der Waals surface area contributed by atoms with Crippen LogP contribution in [0.3, 0.4) is 0 Å². The number of fused-ring (bicyclic) bond motifs is 1. The predicted octanol–water partition coefficient (Wildman–Crippen LogP) is 4.63. The summed E-state index contributed by atoms with van der Waals surface area (Å²) < 4.78 is 12.2. The van der Waals surface area contributed by atoms with Gasteiger partial charge >= 0.3 is 0 Å². The fourth-order valence-corrected chi connectivity index (χ4v) is 8.78. The summed E-state index contributed by atoms with van der Waals surface area (Å²) in [6.07, 6.45) is 4.70. The van der Waals surface area contributed by atoms with Crippen molar-refractivity contribution in [1.29, 1.82) is 0 Å². The molecule has 2 N–H and O–H groups in total. The fraction of sp³-hybridized carbons (Fsp3) is 0.472. The molecule has 0 bridgehead atoms. The topological polar surface area (TPSA) is 101 Å². The van der Waals surface area contributed by atoms with Gasteiger partial charge in [0.25, 0.3) is 0 Å². The summed E-state index contributed by atoms with van der Waals surface area (Å²) in [5.41, 5.74) is 3.98. The van der Waals surface area contributed by atoms with E-state index in [4.69, 9.17) is 9.47 Å². The van der Waals surface area contributed by atoms with Crippen LogP contribution in [0.4, 0.5) is 5.69 Å². The first kappa shape index (κ1) is 27.9. The van der Waals surface area contributed by atoms with Gasteiger partial charge in [-0.15, -0.1) is 0 Å². The van der Waals surface area contributed by atoms with E-state index in [-0.39, 0.29) is 52.8 Å². The second-order valence-electron chi connectivity index (χ2n) is 14.3. The van der Waals surface area contributed by atoms with Crippen LogP contribution in [-0.4, -0.2) is 46.5 Å². The molecule has 1 aromatic heterocycles. The SMILES string of the molecule is CC(C)(C)c1ccc(N(C(=O)[C@@H]2C3CO[C@@H]4OC5(CCC25)C34)C(C(=O)N[C@@H]2c3ccccc3C[C@@H]2O)c2cccnc2)cc1. The van der Waals surface area contributed by atoms with Gasteiger partial charge in [0.05, 0.1) is 24.4 Å². The van der Waals surface area contributed by atoms with Gasteiger partial charge in [-0.2, -0.15) is 0 Å². The molecule has 2 amide bonds. The summed E-state index contributed by atoms with van der Waals surface area (Å²) in [5.74, 6) is -0.340. The summed E-state index contributed by atoms with van der Waals surface area (Å²) >= 11 is 0. The molecular weight excluding hydrogens is 554 g/mol. The molecule has 2 aliphatic heterocycles. The van der Waals surface area contributed by atoms with Crippen molar-refractivity contribution in [3.05, 3.63) is 95.3 Å². The molecule has 5 aliphatic rings. The molecule has 2 saturated heterocycles. The van der Waals surface area contributed by atoms with Crippen molar-refractivity contribution in [2.45, 2.75) is 75.5 Å². The zero-order valence-corrected chi connectivity index (χ0v) is 25.4. The standard InChI is InChI=1S/C36H39N3O5/c1-35(2,3)22-10-12-23(13-11-22)39(33(42)28-25-19-43-34-29(25)36(44-34)15-14-26(28)36)31(21-8-6-16-37-18-21)32(41)38-30-24-9-5-4-7-20(24)17-27(30)40/h4-13,16,18,25-31,34,40H,14-15,17,19H2,1-3H3,(H,38,41)/t25?,26?,27-,28+,29?,30+,31?,34+,36?/m0/s1. The monoisotopic (exact) mass is 593 g/mol. The van der Waals surface area contributed by atoms with Crippen LogP contribution < -0.4 is 10.2 Å². The van der Waals surface area contributed by atoms with Crippen molar-refractivity contribution in [2.75, 3.05) is 11.5 Å². The molecule has 8 nitrogen and oxygen atoms in total. The molecule has 5 unspecified atom stereocenters. The number of nitrogens with one attached hydrogen (secondary N) is 1. The molecule has 1 spiro atoms. The summed E-state index contributed by atoms with van der Waals surface area (Å²) in [6.45, 7) is 6.96. The van der Waals surface area contributed by atoms with Gasteiger partial charge in [-0.05, 0) is 53.1 Å². The summed E-state index contributed by atoms with van der Waals surface area (Å²) in [6, 6.07) is 17.9. The van der Waals surface area contributed by atoms with Gasteiger partial charge in [0.2, 0.25) is 11.8 Å². The number of amides is 2. The molecule has 3 aliphatic carbocycles. The van der Waals surface area contributed by atoms with Gasteiger partial charge in [0.15, 0.2) is 6.29 Å². The van der Waals surface area contributed by atoms with E-state index in [0.29, 0.717) is 24.3 Å². The molecule has 2 saturated carbocycles. The summed E-state index contributed by atoms with van der Waals surface area (Å²) in [4.78, 5) is 35.7. The van der Waals surface area contributed by atoms with E-state index < -0.39 is 18.2 Å². The highest BCUT2D eigenvalue weighted by Crippen LogP contribution is 2.71. The first-order valence-electron chi connectivity index (χ1n) is 15.9. The van der Waals surface area contributed by atoms with Crippen LogP contribution in [0.25, 0.3) is 0 Å². The Kier molecular flexibility index (Phi) is 6.32. The van der Waals surface area contributed by atoms with Gasteiger partial charge in [0.1, 0.15) is 6.04 Å². The first-order chi connectivity index (χ1) is 21.2. The Labute approximate surface area is 257 Å². The minimum absolute atomic E-state index is 0.0613. The van der Waals surface area contributed by atoms with E-state index >= 15 is 4.79 Å². The Bertz CT molecular complexity index is 1600. The van der Waals surface area contributed by atoms with Crippen LogP contribution in [0.5, 0.6) is 0 Å². The minimum Gasteiger partial charge on any atom is -0.390 e. The molecule has 2 aromatic carbocycles. The molecule has 3 heterocycles. The number of ether oxygens (including phenoxy) is 2. The van der Waals surface area contributed by atoms with E-state index in [1.807, 2.05) is 54.6 Å². The maximum Gasteiger partial charge on any atom is 0.248 e. The molecule has 3 aromatic rings. The average Bonchev–Trinajstić information content (AvgIpc) is 3.53. The number of hydrogen-bond donors (Lipinski definition) is 2. The number of pyridine rings is 1. The van der Waals surface area contributed by atoms with Gasteiger partial charge in [-0.1, -0.05) is 63.2 Å². The normalized spacial score (nSPS) is 33.3. The number of aliphatic hydroxyl groups excluding tert-OH is 1. The largest absolute Gasteiger partial charge is 0.390 e. The molecule has 8 heteroatoms. The number of benzene rings is 2. The number of anilines is 1. The zero-order valence-electron chi connectivity index (χ0n) is 25.4. The number of nitrogens with zero attached hydrogens (tertiary/aromatic N) is 2. The van der Waals surface area contributed by atoms with Crippen LogP contribution in [0, 0.1) is 23.7 Å². The van der Waals surface area contributed by atoms with Gasteiger partial charge < -0.3 is 19.9 Å². The van der Waals surface area contributed by atoms with Gasteiger partial charge in [-0.3, -0.25) is 19.5 Å². The van der Waals surface area contributed by atoms with Crippen molar-refractivity contribution in [2.24, 2.45) is 23.7 Å². The summed E-state index contributed by atoms with van der Waals surface area (Å²) in [5, 5.41) is 14.2. The number of aromatic nitrogens is 1. The van der Waals surface area contributed by atoms with E-state index in [2.05, 4.69) is 31.1 Å². The Morgan fingerprint density at radius 3 is 2.59 bits per heavy atom. The molecule has 228 valence electrons. The number of hydrogen-bond acceptors (Lipinski definition) is 6. The Morgan fingerprint density at radius 1 is 1.09 bits per heavy atom. The molecule has 9 atom stereocenters. The van der Waals surface area contributed by atoms with Crippen LogP contribution in [0.15, 0.2) is 73.1 Å². The molecule has 4 fully saturated rings. The molecule has 0 radical (unpaired) electrons. The number of rotatable bonds is 6. The molecule has 8 rings (SSSR count). The van der Waals surface area contributed by atoms with Crippen LogP contribution in [0.2, 0.25) is 0 Å². The molecular formula is C36H39N3O5. The quantitative estimate of drug-likeness (QED) is 0.433. The van der Waals surface area contributed by atoms with Gasteiger partial charge in [0, 0.05) is 53.7 Å². The van der Waals surface area contributed by atoms with Crippen LogP contribution in [0.1, 0.15) is 68.0 Å². The average molecular weight is 594 g/mol. The summed E-state index contributed by atoms with van der Waals surface area (Å²) in [7, 11) is 0. The van der Waals surface area contributed by atoms with Crippen molar-refractivity contribution in [1.82, 2.24) is 10.3 Å². The lowest BCUT2D eigenvalue weighted by molar-refractivity contribution is -0.357. The third-order valence-electron chi connectivity index (χ3n) is 11.0. The fourth-order valence-electron chi connectivity index (χ4n) is 8.78. The number of aliphatic hydroxyl groups is 1. The maximum atomic E-state index is 15.1. The zero-order chi connectivity index (χ0) is 30.4. The Hall–Kier alpha value is -3.59. The van der Waals surface area contributed by atoms with Crippen LogP contribution in [-0.2, 0) is 30.9 Å². The predicted molar refractivity (Wildman–Crippen MR) is 163 cm³/mol. The van der Waals surface area contributed by atoms with Crippen molar-refractivity contribution < 1.29 is 24.2 Å². The highest BCUT2D eigenvalue weighted by molar-refractivity contribution is 6.03. The molecule has 44 heavy (non-hydrogen) atoms. The lowest BCUT2D eigenvalue weighted by Gasteiger charge is -2.58. The number of carbonyl (C=O) groups is 2. The Balaban J connectivity index is 1.22. The van der Waals surface area contributed by atoms with E-state index in [1.54, 1.807) is 23.4 Å². The van der Waals surface area contributed by atoms with Gasteiger partial charge in [-0.25, -0.2) is 0 Å². The van der Waals surface area contributed by atoms with Crippen molar-refractivity contribution in [3.8, 4) is 0 Å². The number of carbonyl (C=O) groups excluding carboxylic acids is 2. The first-order valence-corrected chi connectivity index (χ1v) is 15.9. The second-order valence-corrected chi connectivity index (χ2v) is 14.3. The highest BCUT2D eigenvalue weighted by Gasteiger charge is 2.78. The Morgan fingerprint density at radius 2 is 1.89 bits per heavy atom. The third kappa shape index (κ3) is 4.04. The van der Waals surface area contributed by atoms with E-state index in [1.165, 1.54) is 0 Å². The van der Waals surface area contributed by atoms with Crippen molar-refractivity contribution in [3.63, 3.8) is 0 Å². The van der Waals surface area contributed by atoms with E-state index in [9.17, 15) is 9.90 Å². The van der Waals surface area contributed by atoms with Crippen LogP contribution >= 0.6 is 0 Å². The smallest absolute Gasteiger partial charge is 0.248 e. The highest BCUT2D eigenvalue weighted by atomic mass is 16.7.